The van der Waals surface area contributed by atoms with E-state index in [1.807, 2.05) is 11.9 Å². The Bertz CT molecular complexity index is 761. The number of hydrogen-bond donors (Lipinski definition) is 0. The highest BCUT2D eigenvalue weighted by Gasteiger charge is 2.47. The summed E-state index contributed by atoms with van der Waals surface area (Å²) in [5, 5.41) is 0. The zero-order valence-corrected chi connectivity index (χ0v) is 21.1. The van der Waals surface area contributed by atoms with Crippen LogP contribution in [0.1, 0.15) is 96.8 Å². The second-order valence-corrected chi connectivity index (χ2v) is 11.5. The van der Waals surface area contributed by atoms with Gasteiger partial charge in [-0.3, -0.25) is 9.59 Å². The van der Waals surface area contributed by atoms with Crippen molar-refractivity contribution >= 4 is 11.7 Å². The predicted octanol–water partition coefficient (Wildman–Crippen LogP) is 6.25. The molecule has 4 aliphatic rings. The van der Waals surface area contributed by atoms with Crippen molar-refractivity contribution in [3.8, 4) is 0 Å². The Morgan fingerprint density at radius 1 is 1.03 bits per heavy atom. The minimum absolute atomic E-state index is 0.0148. The van der Waals surface area contributed by atoms with Crippen molar-refractivity contribution in [2.75, 3.05) is 26.8 Å². The molecule has 3 aliphatic carbocycles. The lowest BCUT2D eigenvalue weighted by molar-refractivity contribution is -0.137. The van der Waals surface area contributed by atoms with Crippen LogP contribution < -0.4 is 0 Å². The molecular weight excluding hydrogens is 410 g/mol. The van der Waals surface area contributed by atoms with Gasteiger partial charge in [-0.1, -0.05) is 57.3 Å². The fraction of sp³-hybridized carbons (Fsp3) is 0.793. The SMILES string of the molecule is CN(CC1(C2=CCCC=C2)CCOCC1)C(=O)CCCC(=O)[C@@]1(C)CCCC2CCCCC21. The maximum Gasteiger partial charge on any atom is 0.222 e. The molecule has 0 radical (unpaired) electrons. The summed E-state index contributed by atoms with van der Waals surface area (Å²) in [5.41, 5.74) is 1.25. The third-order valence-corrected chi connectivity index (χ3v) is 9.45. The van der Waals surface area contributed by atoms with Gasteiger partial charge in [-0.25, -0.2) is 0 Å². The number of nitrogens with zero attached hydrogens (tertiary/aromatic N) is 1. The average Bonchev–Trinajstić information content (AvgIpc) is 2.85. The lowest BCUT2D eigenvalue weighted by atomic mass is 9.56. The molecule has 184 valence electrons. The molecule has 1 saturated heterocycles. The summed E-state index contributed by atoms with van der Waals surface area (Å²) in [4.78, 5) is 28.3. The molecule has 4 nitrogen and oxygen atoms in total. The molecule has 0 bridgehead atoms. The molecule has 1 amide bonds. The average molecular weight is 456 g/mol. The Morgan fingerprint density at radius 3 is 2.55 bits per heavy atom. The van der Waals surface area contributed by atoms with Gasteiger partial charge in [0.1, 0.15) is 5.78 Å². The molecule has 0 N–H and O–H groups in total. The summed E-state index contributed by atoms with van der Waals surface area (Å²) in [6.45, 7) is 4.53. The van der Waals surface area contributed by atoms with Crippen LogP contribution >= 0.6 is 0 Å². The van der Waals surface area contributed by atoms with Crippen LogP contribution in [0.2, 0.25) is 0 Å². The van der Waals surface area contributed by atoms with Crippen molar-refractivity contribution in [1.82, 2.24) is 4.90 Å². The summed E-state index contributed by atoms with van der Waals surface area (Å²) in [6.07, 6.45) is 21.5. The van der Waals surface area contributed by atoms with E-state index in [9.17, 15) is 9.59 Å². The molecule has 4 heteroatoms. The van der Waals surface area contributed by atoms with Crippen LogP contribution in [-0.4, -0.2) is 43.4 Å². The second kappa shape index (κ2) is 10.9. The van der Waals surface area contributed by atoms with Crippen LogP contribution in [-0.2, 0) is 14.3 Å². The fourth-order valence-electron chi connectivity index (χ4n) is 7.38. The number of amides is 1. The maximum absolute atomic E-state index is 13.3. The summed E-state index contributed by atoms with van der Waals surface area (Å²) in [5.74, 6) is 1.94. The lowest BCUT2D eigenvalue weighted by Crippen LogP contribution is -2.44. The maximum atomic E-state index is 13.3. The quantitative estimate of drug-likeness (QED) is 0.434. The van der Waals surface area contributed by atoms with Crippen molar-refractivity contribution in [2.45, 2.75) is 96.8 Å². The van der Waals surface area contributed by atoms with E-state index in [1.54, 1.807) is 0 Å². The largest absolute Gasteiger partial charge is 0.381 e. The number of Topliss-reactive ketones (excluding diaryl/α,β-unsaturated/α-hetero) is 1. The van der Waals surface area contributed by atoms with Gasteiger partial charge < -0.3 is 9.64 Å². The molecular formula is C29H45NO3. The number of ether oxygens (including phenoxy) is 1. The van der Waals surface area contributed by atoms with Crippen molar-refractivity contribution < 1.29 is 14.3 Å². The molecule has 1 heterocycles. The molecule has 4 rings (SSSR count). The van der Waals surface area contributed by atoms with Crippen molar-refractivity contribution in [1.29, 1.82) is 0 Å². The van der Waals surface area contributed by atoms with E-state index in [1.165, 1.54) is 44.1 Å². The van der Waals surface area contributed by atoms with Gasteiger partial charge in [0, 0.05) is 50.5 Å². The van der Waals surface area contributed by atoms with E-state index >= 15 is 0 Å². The molecule has 33 heavy (non-hydrogen) atoms. The zero-order chi connectivity index (χ0) is 23.3. The second-order valence-electron chi connectivity index (χ2n) is 11.5. The highest BCUT2D eigenvalue weighted by Crippen LogP contribution is 2.51. The standard InChI is InChI=1S/C29H45NO3/c1-28(17-9-11-23-10-6-7-14-25(23)28)26(31)15-8-16-27(32)30(2)22-29(18-20-33-21-19-29)24-12-4-3-5-13-24/h4,12-13,23,25H,3,5-11,14-22H2,1-2H3/t23?,25?,28-/m0/s1. The predicted molar refractivity (Wildman–Crippen MR) is 133 cm³/mol. The van der Waals surface area contributed by atoms with E-state index in [0.29, 0.717) is 31.0 Å². The molecule has 0 aromatic heterocycles. The van der Waals surface area contributed by atoms with E-state index in [0.717, 1.165) is 57.8 Å². The number of ketones is 1. The van der Waals surface area contributed by atoms with Crippen LogP contribution in [0.25, 0.3) is 0 Å². The summed E-state index contributed by atoms with van der Waals surface area (Å²) < 4.78 is 5.66. The number of carbonyl (C=O) groups is 2. The number of carbonyl (C=O) groups excluding carboxylic acids is 2. The number of rotatable bonds is 8. The number of fused-ring (bicyclic) bond motifs is 1. The summed E-state index contributed by atoms with van der Waals surface area (Å²) >= 11 is 0. The minimum Gasteiger partial charge on any atom is -0.381 e. The molecule has 0 aromatic carbocycles. The Morgan fingerprint density at radius 2 is 1.79 bits per heavy atom. The van der Waals surface area contributed by atoms with E-state index in [4.69, 9.17) is 4.74 Å². The Balaban J connectivity index is 1.30. The van der Waals surface area contributed by atoms with Gasteiger partial charge in [-0.15, -0.1) is 0 Å². The normalized spacial score (nSPS) is 31.4. The van der Waals surface area contributed by atoms with Crippen molar-refractivity contribution in [2.24, 2.45) is 22.7 Å². The molecule has 2 saturated carbocycles. The van der Waals surface area contributed by atoms with Gasteiger partial charge in [0.25, 0.3) is 0 Å². The van der Waals surface area contributed by atoms with Gasteiger partial charge in [-0.2, -0.15) is 0 Å². The molecule has 1 aliphatic heterocycles. The highest BCUT2D eigenvalue weighted by atomic mass is 16.5. The van der Waals surface area contributed by atoms with Gasteiger partial charge in [0.2, 0.25) is 5.91 Å². The molecule has 0 aromatic rings. The van der Waals surface area contributed by atoms with Gasteiger partial charge >= 0.3 is 0 Å². The Labute approximate surface area is 201 Å². The Hall–Kier alpha value is -1.42. The smallest absolute Gasteiger partial charge is 0.222 e. The van der Waals surface area contributed by atoms with Crippen molar-refractivity contribution in [3.05, 3.63) is 23.8 Å². The van der Waals surface area contributed by atoms with Crippen molar-refractivity contribution in [3.63, 3.8) is 0 Å². The van der Waals surface area contributed by atoms with Crippen LogP contribution in [0, 0.1) is 22.7 Å². The first-order valence-corrected chi connectivity index (χ1v) is 13.7. The molecule has 3 atom stereocenters. The summed E-state index contributed by atoms with van der Waals surface area (Å²) in [6, 6.07) is 0. The summed E-state index contributed by atoms with van der Waals surface area (Å²) in [7, 11) is 1.95. The monoisotopic (exact) mass is 455 g/mol. The highest BCUT2D eigenvalue weighted by molar-refractivity contribution is 5.85. The number of allylic oxidation sites excluding steroid dienone is 3. The van der Waals surface area contributed by atoms with Gasteiger partial charge in [-0.05, 0) is 62.4 Å². The van der Waals surface area contributed by atoms with Crippen LogP contribution in [0.3, 0.4) is 0 Å². The fourth-order valence-corrected chi connectivity index (χ4v) is 7.38. The minimum atomic E-state index is -0.149. The molecule has 3 fully saturated rings. The topological polar surface area (TPSA) is 46.6 Å². The van der Waals surface area contributed by atoms with Gasteiger partial charge in [0.15, 0.2) is 0 Å². The van der Waals surface area contributed by atoms with Crippen LogP contribution in [0.15, 0.2) is 23.8 Å². The number of hydrogen-bond acceptors (Lipinski definition) is 3. The third kappa shape index (κ3) is 5.47. The first kappa shape index (κ1) is 24.7. The first-order chi connectivity index (χ1) is 15.9. The van der Waals surface area contributed by atoms with E-state index < -0.39 is 0 Å². The first-order valence-electron chi connectivity index (χ1n) is 13.7. The van der Waals surface area contributed by atoms with E-state index in [-0.39, 0.29) is 16.7 Å². The van der Waals surface area contributed by atoms with Crippen LogP contribution in [0.5, 0.6) is 0 Å². The molecule has 0 spiro atoms. The zero-order valence-electron chi connectivity index (χ0n) is 21.1. The third-order valence-electron chi connectivity index (χ3n) is 9.45. The van der Waals surface area contributed by atoms with Gasteiger partial charge in [0.05, 0.1) is 0 Å². The van der Waals surface area contributed by atoms with Crippen LogP contribution in [0.4, 0.5) is 0 Å². The Kier molecular flexibility index (Phi) is 8.15. The van der Waals surface area contributed by atoms with E-state index in [2.05, 4.69) is 25.2 Å². The molecule has 2 unspecified atom stereocenters. The lowest BCUT2D eigenvalue weighted by Gasteiger charge is -2.47.